The highest BCUT2D eigenvalue weighted by molar-refractivity contribution is 5.71. The van der Waals surface area contributed by atoms with E-state index in [0.29, 0.717) is 6.42 Å². The molecule has 2 N–H and O–H groups in total. The van der Waals surface area contributed by atoms with Crippen molar-refractivity contribution in [2.45, 2.75) is 25.9 Å². The molecule has 0 radical (unpaired) electrons. The van der Waals surface area contributed by atoms with Crippen LogP contribution in [-0.4, -0.2) is 35.5 Å². The van der Waals surface area contributed by atoms with Gasteiger partial charge < -0.3 is 14.9 Å². The average molecular weight is 176 g/mol. The molecule has 4 heteroatoms. The van der Waals surface area contributed by atoms with Gasteiger partial charge in [0.2, 0.25) is 0 Å². The number of carboxylic acids is 1. The van der Waals surface area contributed by atoms with Crippen LogP contribution in [0.5, 0.6) is 0 Å². The number of hydrogen-bond donors (Lipinski definition) is 2. The third kappa shape index (κ3) is 2.46. The van der Waals surface area contributed by atoms with E-state index in [4.69, 9.17) is 9.84 Å². The fraction of sp³-hybridized carbons (Fsp3) is 0.875. The molecular formula is C8H16O4. The van der Waals surface area contributed by atoms with Crippen LogP contribution in [0.2, 0.25) is 0 Å². The lowest BCUT2D eigenvalue weighted by Gasteiger charge is -2.29. The topological polar surface area (TPSA) is 66.8 Å². The van der Waals surface area contributed by atoms with Crippen LogP contribution in [0.15, 0.2) is 0 Å². The van der Waals surface area contributed by atoms with Gasteiger partial charge in [0.1, 0.15) is 5.60 Å². The summed E-state index contributed by atoms with van der Waals surface area (Å²) in [6.07, 6.45) is 0.369. The van der Waals surface area contributed by atoms with Gasteiger partial charge >= 0.3 is 5.97 Å². The van der Waals surface area contributed by atoms with Crippen molar-refractivity contribution in [3.05, 3.63) is 0 Å². The van der Waals surface area contributed by atoms with Crippen LogP contribution in [0.1, 0.15) is 20.3 Å². The second-order valence-corrected chi connectivity index (χ2v) is 2.95. The van der Waals surface area contributed by atoms with Crippen LogP contribution in [0.4, 0.5) is 0 Å². The smallest absolute Gasteiger partial charge is 0.309 e. The molecule has 0 aliphatic rings. The van der Waals surface area contributed by atoms with Gasteiger partial charge in [-0.25, -0.2) is 0 Å². The highest BCUT2D eigenvalue weighted by Gasteiger charge is 2.36. The zero-order chi connectivity index (χ0) is 9.78. The van der Waals surface area contributed by atoms with Crippen LogP contribution >= 0.6 is 0 Å². The summed E-state index contributed by atoms with van der Waals surface area (Å²) in [7, 11) is 1.44. The van der Waals surface area contributed by atoms with Gasteiger partial charge in [0.05, 0.1) is 12.5 Å². The number of carbonyl (C=O) groups is 1. The van der Waals surface area contributed by atoms with E-state index in [9.17, 15) is 9.90 Å². The molecule has 72 valence electrons. The van der Waals surface area contributed by atoms with E-state index < -0.39 is 17.5 Å². The molecule has 0 saturated heterocycles. The molecule has 0 heterocycles. The van der Waals surface area contributed by atoms with Crippen molar-refractivity contribution >= 4 is 5.97 Å². The first kappa shape index (κ1) is 11.4. The number of methoxy groups -OCH3 is 1. The van der Waals surface area contributed by atoms with Crippen molar-refractivity contribution in [3.8, 4) is 0 Å². The highest BCUT2D eigenvalue weighted by atomic mass is 16.5. The zero-order valence-corrected chi connectivity index (χ0v) is 7.70. The maximum Gasteiger partial charge on any atom is 0.309 e. The number of ether oxygens (including phenoxy) is 1. The lowest BCUT2D eigenvalue weighted by molar-refractivity contribution is -0.155. The van der Waals surface area contributed by atoms with Crippen LogP contribution in [0.25, 0.3) is 0 Å². The molecule has 0 fully saturated rings. The Labute approximate surface area is 72.2 Å². The molecule has 0 bridgehead atoms. The van der Waals surface area contributed by atoms with E-state index in [1.807, 2.05) is 0 Å². The molecule has 0 aliphatic carbocycles. The third-order valence-corrected chi connectivity index (χ3v) is 2.18. The average Bonchev–Trinajstić information content (AvgIpc) is 2.03. The summed E-state index contributed by atoms with van der Waals surface area (Å²) in [6, 6.07) is 0. The second kappa shape index (κ2) is 4.42. The standard InChI is InChI=1S/C8H16O4/c1-4-8(11,5-12-3)6(2)7(9)10/h6,11H,4-5H2,1-3H3,(H,9,10). The molecule has 0 aromatic heterocycles. The summed E-state index contributed by atoms with van der Waals surface area (Å²) in [5.41, 5.74) is -1.25. The Bertz CT molecular complexity index is 157. The summed E-state index contributed by atoms with van der Waals surface area (Å²) < 4.78 is 4.76. The van der Waals surface area contributed by atoms with Gasteiger partial charge in [0, 0.05) is 7.11 Å². The molecule has 0 saturated carbocycles. The molecule has 2 atom stereocenters. The molecule has 0 spiro atoms. The van der Waals surface area contributed by atoms with E-state index >= 15 is 0 Å². The minimum Gasteiger partial charge on any atom is -0.481 e. The van der Waals surface area contributed by atoms with Gasteiger partial charge in [-0.2, -0.15) is 0 Å². The molecule has 12 heavy (non-hydrogen) atoms. The molecule has 0 rings (SSSR count). The molecule has 2 unspecified atom stereocenters. The predicted molar refractivity (Wildman–Crippen MR) is 43.9 cm³/mol. The largest absolute Gasteiger partial charge is 0.481 e. The van der Waals surface area contributed by atoms with Gasteiger partial charge in [0.15, 0.2) is 0 Å². The summed E-state index contributed by atoms with van der Waals surface area (Å²) in [6.45, 7) is 3.26. The SMILES string of the molecule is CCC(O)(COC)C(C)C(=O)O. The van der Waals surface area contributed by atoms with Crippen LogP contribution in [-0.2, 0) is 9.53 Å². The predicted octanol–water partition coefficient (Wildman–Crippen LogP) is 0.495. The molecule has 0 aliphatic heterocycles. The van der Waals surface area contributed by atoms with Crippen LogP contribution in [0.3, 0.4) is 0 Å². The Morgan fingerprint density at radius 3 is 2.42 bits per heavy atom. The Balaban J connectivity index is 4.38. The van der Waals surface area contributed by atoms with Crippen molar-refractivity contribution in [1.82, 2.24) is 0 Å². The van der Waals surface area contributed by atoms with Crippen molar-refractivity contribution in [3.63, 3.8) is 0 Å². The van der Waals surface area contributed by atoms with Gasteiger partial charge in [-0.05, 0) is 13.3 Å². The molecule has 4 nitrogen and oxygen atoms in total. The lowest BCUT2D eigenvalue weighted by atomic mass is 9.87. The molecule has 0 aromatic rings. The summed E-state index contributed by atoms with van der Waals surface area (Å²) in [5, 5.41) is 18.4. The first-order valence-corrected chi connectivity index (χ1v) is 3.92. The lowest BCUT2D eigenvalue weighted by Crippen LogP contribution is -2.44. The van der Waals surface area contributed by atoms with Gasteiger partial charge in [-0.3, -0.25) is 4.79 Å². The highest BCUT2D eigenvalue weighted by Crippen LogP contribution is 2.21. The first-order valence-electron chi connectivity index (χ1n) is 3.92. The Hall–Kier alpha value is -0.610. The maximum atomic E-state index is 10.6. The number of aliphatic carboxylic acids is 1. The van der Waals surface area contributed by atoms with E-state index in [-0.39, 0.29) is 6.61 Å². The minimum absolute atomic E-state index is 0.0525. The summed E-state index contributed by atoms with van der Waals surface area (Å²) in [4.78, 5) is 10.6. The molecule has 0 aromatic carbocycles. The van der Waals surface area contributed by atoms with Gasteiger partial charge in [-0.15, -0.1) is 0 Å². The van der Waals surface area contributed by atoms with Gasteiger partial charge in [0.25, 0.3) is 0 Å². The Kier molecular flexibility index (Phi) is 4.20. The van der Waals surface area contributed by atoms with Crippen molar-refractivity contribution in [2.75, 3.05) is 13.7 Å². The molecular weight excluding hydrogens is 160 g/mol. The van der Waals surface area contributed by atoms with Crippen molar-refractivity contribution in [1.29, 1.82) is 0 Å². The first-order chi connectivity index (χ1) is 5.48. The number of rotatable bonds is 5. The van der Waals surface area contributed by atoms with Crippen molar-refractivity contribution < 1.29 is 19.7 Å². The minimum atomic E-state index is -1.25. The Morgan fingerprint density at radius 1 is 1.67 bits per heavy atom. The fourth-order valence-corrected chi connectivity index (χ4v) is 1.01. The van der Waals surface area contributed by atoms with E-state index in [1.54, 1.807) is 6.92 Å². The number of carboxylic acid groups (broad SMARTS) is 1. The molecule has 0 amide bonds. The monoisotopic (exact) mass is 176 g/mol. The summed E-state index contributed by atoms with van der Waals surface area (Å²) in [5.74, 6) is -1.81. The number of aliphatic hydroxyl groups is 1. The zero-order valence-electron chi connectivity index (χ0n) is 7.70. The summed E-state index contributed by atoms with van der Waals surface area (Å²) >= 11 is 0. The fourth-order valence-electron chi connectivity index (χ4n) is 1.01. The quantitative estimate of drug-likeness (QED) is 0.640. The number of hydrogen-bond acceptors (Lipinski definition) is 3. The van der Waals surface area contributed by atoms with Crippen LogP contribution < -0.4 is 0 Å². The Morgan fingerprint density at radius 2 is 2.17 bits per heavy atom. The van der Waals surface area contributed by atoms with E-state index in [1.165, 1.54) is 14.0 Å². The van der Waals surface area contributed by atoms with Gasteiger partial charge in [-0.1, -0.05) is 6.92 Å². The third-order valence-electron chi connectivity index (χ3n) is 2.18. The maximum absolute atomic E-state index is 10.6. The second-order valence-electron chi connectivity index (χ2n) is 2.95. The van der Waals surface area contributed by atoms with Crippen molar-refractivity contribution in [2.24, 2.45) is 5.92 Å². The van der Waals surface area contributed by atoms with Crippen LogP contribution in [0, 0.1) is 5.92 Å². The van der Waals surface area contributed by atoms with E-state index in [0.717, 1.165) is 0 Å². The van der Waals surface area contributed by atoms with E-state index in [2.05, 4.69) is 0 Å². The normalized spacial score (nSPS) is 18.3.